The van der Waals surface area contributed by atoms with Crippen LogP contribution in [-0.4, -0.2) is 23.4 Å². The van der Waals surface area contributed by atoms with Crippen molar-refractivity contribution in [1.82, 2.24) is 4.90 Å². The van der Waals surface area contributed by atoms with Crippen molar-refractivity contribution >= 4 is 11.5 Å². The average molecular weight is 302 g/mol. The van der Waals surface area contributed by atoms with Gasteiger partial charge in [0.25, 0.3) is 5.91 Å². The maximum atomic E-state index is 12.9. The summed E-state index contributed by atoms with van der Waals surface area (Å²) in [6, 6.07) is 19.7. The molecule has 2 aromatic carbocycles. The first-order valence-electron chi connectivity index (χ1n) is 7.72. The van der Waals surface area contributed by atoms with Crippen molar-refractivity contribution in [3.8, 4) is 6.07 Å². The summed E-state index contributed by atoms with van der Waals surface area (Å²) in [6.07, 6.45) is 0. The number of hydrogen-bond acceptors (Lipinski definition) is 2. The zero-order chi connectivity index (χ0) is 16.4. The molecule has 0 unspecified atom stereocenters. The van der Waals surface area contributed by atoms with E-state index in [0.29, 0.717) is 17.7 Å². The predicted octanol–water partition coefficient (Wildman–Crippen LogP) is 3.88. The van der Waals surface area contributed by atoms with Gasteiger partial charge in [-0.3, -0.25) is 4.79 Å². The second-order valence-electron chi connectivity index (χ2n) is 5.90. The Balaban J connectivity index is 2.32. The quantitative estimate of drug-likeness (QED) is 0.845. The van der Waals surface area contributed by atoms with Crippen molar-refractivity contribution in [1.29, 1.82) is 5.26 Å². The fourth-order valence-corrected chi connectivity index (χ4v) is 2.97. The summed E-state index contributed by atoms with van der Waals surface area (Å²) in [7, 11) is 0. The Hall–Kier alpha value is -2.86. The van der Waals surface area contributed by atoms with Crippen LogP contribution >= 0.6 is 0 Å². The van der Waals surface area contributed by atoms with E-state index in [4.69, 9.17) is 0 Å². The summed E-state index contributed by atoms with van der Waals surface area (Å²) < 4.78 is 0. The molecule has 1 aliphatic heterocycles. The number of nitriles is 1. The minimum Gasteiger partial charge on any atom is -0.331 e. The Kier molecular flexibility index (Phi) is 3.99. The van der Waals surface area contributed by atoms with E-state index in [-0.39, 0.29) is 11.9 Å². The summed E-state index contributed by atoms with van der Waals surface area (Å²) in [6.45, 7) is 4.29. The molecule has 0 radical (unpaired) electrons. The minimum atomic E-state index is -0.0192. The lowest BCUT2D eigenvalue weighted by atomic mass is 9.91. The smallest absolute Gasteiger partial charge is 0.255 e. The second-order valence-corrected chi connectivity index (χ2v) is 5.90. The number of rotatable bonds is 2. The molecule has 0 spiro atoms. The van der Waals surface area contributed by atoms with E-state index >= 15 is 0 Å². The largest absolute Gasteiger partial charge is 0.331 e. The number of hydrogen-bond donors (Lipinski definition) is 0. The van der Waals surface area contributed by atoms with Gasteiger partial charge in [-0.1, -0.05) is 48.5 Å². The molecule has 1 amide bonds. The van der Waals surface area contributed by atoms with E-state index in [1.807, 2.05) is 68.4 Å². The van der Waals surface area contributed by atoms with Crippen LogP contribution in [0.1, 0.15) is 35.3 Å². The molecule has 0 saturated heterocycles. The molecule has 23 heavy (non-hydrogen) atoms. The Morgan fingerprint density at radius 2 is 1.61 bits per heavy atom. The van der Waals surface area contributed by atoms with Crippen molar-refractivity contribution in [3.05, 3.63) is 76.9 Å². The van der Waals surface area contributed by atoms with E-state index in [9.17, 15) is 10.1 Å². The lowest BCUT2D eigenvalue weighted by Gasteiger charge is -2.25. The summed E-state index contributed by atoms with van der Waals surface area (Å²) in [5.74, 6) is -0.0192. The van der Waals surface area contributed by atoms with Gasteiger partial charge in [-0.25, -0.2) is 0 Å². The van der Waals surface area contributed by atoms with Gasteiger partial charge in [0.05, 0.1) is 18.2 Å². The minimum absolute atomic E-state index is 0.0192. The average Bonchev–Trinajstić information content (AvgIpc) is 2.70. The third-order valence-corrected chi connectivity index (χ3v) is 4.14. The highest BCUT2D eigenvalue weighted by Crippen LogP contribution is 2.33. The van der Waals surface area contributed by atoms with Crippen LogP contribution in [0, 0.1) is 11.3 Å². The van der Waals surface area contributed by atoms with Crippen LogP contribution in [0.25, 0.3) is 5.57 Å². The fourth-order valence-electron chi connectivity index (χ4n) is 2.97. The fraction of sp³-hybridized carbons (Fsp3) is 0.200. The molecule has 0 fully saturated rings. The number of fused-ring (bicyclic) bond motifs is 1. The number of carbonyl (C=O) groups is 1. The standard InChI is InChI=1S/C20H18N2O/c1-14(2)22-13-16(12-21)19(15-8-4-3-5-9-15)17-10-6-7-11-18(17)20(22)23/h3-11,14H,13H2,1-2H3. The molecule has 0 aliphatic carbocycles. The van der Waals surface area contributed by atoms with Crippen molar-refractivity contribution in [3.63, 3.8) is 0 Å². The van der Waals surface area contributed by atoms with Crippen LogP contribution in [0.4, 0.5) is 0 Å². The highest BCUT2D eigenvalue weighted by Gasteiger charge is 2.29. The van der Waals surface area contributed by atoms with Gasteiger partial charge in [0.1, 0.15) is 0 Å². The molecule has 3 nitrogen and oxygen atoms in total. The Morgan fingerprint density at radius 3 is 2.22 bits per heavy atom. The normalized spacial score (nSPS) is 14.5. The maximum Gasteiger partial charge on any atom is 0.255 e. The van der Waals surface area contributed by atoms with Crippen LogP contribution in [0.3, 0.4) is 0 Å². The molecule has 3 rings (SSSR count). The van der Waals surface area contributed by atoms with Crippen LogP contribution < -0.4 is 0 Å². The van der Waals surface area contributed by atoms with E-state index in [2.05, 4.69) is 6.07 Å². The van der Waals surface area contributed by atoms with Crippen LogP contribution in [-0.2, 0) is 0 Å². The summed E-state index contributed by atoms with van der Waals surface area (Å²) in [4.78, 5) is 14.7. The van der Waals surface area contributed by atoms with E-state index in [0.717, 1.165) is 16.7 Å². The highest BCUT2D eigenvalue weighted by molar-refractivity contribution is 6.03. The SMILES string of the molecule is CC(C)N1CC(C#N)=C(c2ccccc2)c2ccccc2C1=O. The van der Waals surface area contributed by atoms with E-state index in [1.54, 1.807) is 4.90 Å². The van der Waals surface area contributed by atoms with Crippen molar-refractivity contribution in [2.75, 3.05) is 6.54 Å². The molecule has 3 heteroatoms. The van der Waals surface area contributed by atoms with Gasteiger partial charge in [0.15, 0.2) is 0 Å². The van der Waals surface area contributed by atoms with E-state index in [1.165, 1.54) is 0 Å². The number of nitrogens with zero attached hydrogens (tertiary/aromatic N) is 2. The van der Waals surface area contributed by atoms with Gasteiger partial charge in [-0.2, -0.15) is 5.26 Å². The topological polar surface area (TPSA) is 44.1 Å². The number of benzene rings is 2. The predicted molar refractivity (Wildman–Crippen MR) is 90.7 cm³/mol. The zero-order valence-electron chi connectivity index (χ0n) is 13.3. The molecule has 0 bridgehead atoms. The first-order chi connectivity index (χ1) is 11.1. The number of amides is 1. The third kappa shape index (κ3) is 2.64. The monoisotopic (exact) mass is 302 g/mol. The number of carbonyl (C=O) groups excluding carboxylic acids is 1. The first kappa shape index (κ1) is 15.1. The molecule has 1 heterocycles. The Bertz CT molecular complexity index is 813. The molecular formula is C20H18N2O. The molecular weight excluding hydrogens is 284 g/mol. The molecule has 0 saturated carbocycles. The summed E-state index contributed by atoms with van der Waals surface area (Å²) in [5, 5.41) is 9.71. The first-order valence-corrected chi connectivity index (χ1v) is 7.72. The molecule has 1 aliphatic rings. The van der Waals surface area contributed by atoms with Crippen LogP contribution in [0.2, 0.25) is 0 Å². The third-order valence-electron chi connectivity index (χ3n) is 4.14. The van der Waals surface area contributed by atoms with Crippen LogP contribution in [0.15, 0.2) is 60.2 Å². The molecule has 2 aromatic rings. The highest BCUT2D eigenvalue weighted by atomic mass is 16.2. The molecule has 114 valence electrons. The lowest BCUT2D eigenvalue weighted by molar-refractivity contribution is 0.0728. The van der Waals surface area contributed by atoms with Gasteiger partial charge in [0, 0.05) is 17.2 Å². The lowest BCUT2D eigenvalue weighted by Crippen LogP contribution is -2.37. The summed E-state index contributed by atoms with van der Waals surface area (Å²) in [5.41, 5.74) is 3.95. The van der Waals surface area contributed by atoms with Crippen LogP contribution in [0.5, 0.6) is 0 Å². The van der Waals surface area contributed by atoms with Crippen molar-refractivity contribution < 1.29 is 4.79 Å². The second kappa shape index (κ2) is 6.10. The molecule has 0 atom stereocenters. The Labute approximate surface area is 136 Å². The summed E-state index contributed by atoms with van der Waals surface area (Å²) >= 11 is 0. The molecule has 0 N–H and O–H groups in total. The van der Waals surface area contributed by atoms with Gasteiger partial charge in [0.2, 0.25) is 0 Å². The zero-order valence-corrected chi connectivity index (χ0v) is 13.3. The Morgan fingerprint density at radius 1 is 1.00 bits per heavy atom. The van der Waals surface area contributed by atoms with Crippen molar-refractivity contribution in [2.24, 2.45) is 0 Å². The maximum absolute atomic E-state index is 12.9. The van der Waals surface area contributed by atoms with Gasteiger partial charge in [-0.15, -0.1) is 0 Å². The van der Waals surface area contributed by atoms with E-state index < -0.39 is 0 Å². The molecule has 0 aromatic heterocycles. The van der Waals surface area contributed by atoms with Gasteiger partial charge in [-0.05, 0) is 31.0 Å². The van der Waals surface area contributed by atoms with Crippen molar-refractivity contribution in [2.45, 2.75) is 19.9 Å². The van der Waals surface area contributed by atoms with Gasteiger partial charge < -0.3 is 4.90 Å². The van der Waals surface area contributed by atoms with Gasteiger partial charge >= 0.3 is 0 Å².